The zero-order valence-corrected chi connectivity index (χ0v) is 24.5. The lowest BCUT2D eigenvalue weighted by Gasteiger charge is -2.36. The Morgan fingerprint density at radius 1 is 0.925 bits per heavy atom. The number of para-hydroxylation sites is 2. The highest BCUT2D eigenvalue weighted by Crippen LogP contribution is 2.32. The number of nitrogens with two attached hydrogens (primary N) is 1. The number of aromatic nitrogens is 1. The first-order valence-electron chi connectivity index (χ1n) is 13.5. The lowest BCUT2D eigenvalue weighted by Crippen LogP contribution is -2.44. The van der Waals surface area contributed by atoms with Gasteiger partial charge < -0.3 is 15.1 Å². The average Bonchev–Trinajstić information content (AvgIpc) is 2.96. The summed E-state index contributed by atoms with van der Waals surface area (Å²) >= 11 is 1.66. The van der Waals surface area contributed by atoms with Gasteiger partial charge in [0.25, 0.3) is 0 Å². The predicted octanol–water partition coefficient (Wildman–Crippen LogP) is 4.13. The van der Waals surface area contributed by atoms with E-state index in [1.54, 1.807) is 24.1 Å². The molecular formula is C29H35N7O2S2. The van der Waals surface area contributed by atoms with Crippen molar-refractivity contribution in [3.8, 4) is 6.07 Å². The summed E-state index contributed by atoms with van der Waals surface area (Å²) < 4.78 is 26.4. The minimum absolute atomic E-state index is 0.169. The molecule has 210 valence electrons. The summed E-state index contributed by atoms with van der Waals surface area (Å²) in [4.78, 5) is 9.59. The van der Waals surface area contributed by atoms with Crippen molar-refractivity contribution >= 4 is 39.2 Å². The fraction of sp³-hybridized carbons (Fsp3) is 0.379. The van der Waals surface area contributed by atoms with E-state index in [-0.39, 0.29) is 4.90 Å². The number of nitriles is 1. The molecule has 2 aromatic carbocycles. The third kappa shape index (κ3) is 6.36. The molecule has 1 aromatic heterocycles. The van der Waals surface area contributed by atoms with Gasteiger partial charge in [-0.3, -0.25) is 0 Å². The number of piperazine rings is 1. The van der Waals surface area contributed by atoms with E-state index in [0.717, 1.165) is 72.2 Å². The van der Waals surface area contributed by atoms with Gasteiger partial charge in [0, 0.05) is 45.3 Å². The largest absolute Gasteiger partial charge is 0.370 e. The van der Waals surface area contributed by atoms with Crippen LogP contribution in [0.25, 0.3) is 0 Å². The van der Waals surface area contributed by atoms with Crippen LogP contribution in [0.15, 0.2) is 64.5 Å². The fourth-order valence-corrected chi connectivity index (χ4v) is 7.06. The molecule has 40 heavy (non-hydrogen) atoms. The van der Waals surface area contributed by atoms with Crippen LogP contribution in [-0.2, 0) is 10.0 Å². The van der Waals surface area contributed by atoms with E-state index in [9.17, 15) is 13.7 Å². The first-order chi connectivity index (χ1) is 19.2. The van der Waals surface area contributed by atoms with Crippen molar-refractivity contribution in [1.29, 1.82) is 5.26 Å². The average molecular weight is 578 g/mol. The monoisotopic (exact) mass is 577 g/mol. The van der Waals surface area contributed by atoms with Crippen LogP contribution in [0.5, 0.6) is 0 Å². The third-order valence-electron chi connectivity index (χ3n) is 7.52. The van der Waals surface area contributed by atoms with Crippen molar-refractivity contribution in [3.05, 3.63) is 71.3 Å². The van der Waals surface area contributed by atoms with Crippen LogP contribution in [0.1, 0.15) is 29.5 Å². The summed E-state index contributed by atoms with van der Waals surface area (Å²) in [7, 11) is -3.79. The van der Waals surface area contributed by atoms with E-state index in [1.165, 1.54) is 0 Å². The minimum atomic E-state index is -3.79. The molecule has 2 aliphatic heterocycles. The molecular weight excluding hydrogens is 543 g/mol. The summed E-state index contributed by atoms with van der Waals surface area (Å²) in [6.07, 6.45) is 1.94. The maximum absolute atomic E-state index is 12.1. The second-order valence-corrected chi connectivity index (χ2v) is 12.9. The van der Waals surface area contributed by atoms with Crippen molar-refractivity contribution in [2.24, 2.45) is 5.14 Å². The van der Waals surface area contributed by atoms with E-state index in [1.807, 2.05) is 36.4 Å². The van der Waals surface area contributed by atoms with Crippen molar-refractivity contribution in [1.82, 2.24) is 9.29 Å². The molecule has 0 bridgehead atoms. The molecule has 2 aliphatic rings. The lowest BCUT2D eigenvalue weighted by atomic mass is 10.0. The third-order valence-corrected chi connectivity index (χ3v) is 9.69. The maximum atomic E-state index is 12.1. The molecule has 2 fully saturated rings. The molecule has 5 rings (SSSR count). The van der Waals surface area contributed by atoms with Crippen molar-refractivity contribution in [2.75, 3.05) is 54.4 Å². The first kappa shape index (κ1) is 28.2. The number of anilines is 3. The highest BCUT2D eigenvalue weighted by atomic mass is 32.2. The molecule has 2 saturated heterocycles. The molecule has 0 radical (unpaired) electrons. The Kier molecular flexibility index (Phi) is 8.51. The van der Waals surface area contributed by atoms with Crippen molar-refractivity contribution < 1.29 is 8.42 Å². The Morgan fingerprint density at radius 3 is 2.23 bits per heavy atom. The Labute approximate surface area is 241 Å². The van der Waals surface area contributed by atoms with Gasteiger partial charge in [0.15, 0.2) is 0 Å². The normalized spacial score (nSPS) is 17.1. The summed E-state index contributed by atoms with van der Waals surface area (Å²) in [6.45, 7) is 8.90. The molecule has 11 heteroatoms. The van der Waals surface area contributed by atoms with Gasteiger partial charge in [-0.05, 0) is 80.1 Å². The SMILES string of the molecule is Cc1cc(C)c(SN2CCN(c3ccccc3S(N)(=O)=O)CC2)nc1NC1CCN(c2ccccc2C#N)CC1. The Morgan fingerprint density at radius 2 is 1.55 bits per heavy atom. The second-order valence-electron chi connectivity index (χ2n) is 10.3. The van der Waals surface area contributed by atoms with Gasteiger partial charge >= 0.3 is 0 Å². The second kappa shape index (κ2) is 12.1. The molecule has 3 aromatic rings. The fourth-order valence-electron chi connectivity index (χ4n) is 5.37. The van der Waals surface area contributed by atoms with Crippen LogP contribution >= 0.6 is 11.9 Å². The topological polar surface area (TPSA) is 119 Å². The number of nitrogens with zero attached hydrogens (tertiary/aromatic N) is 5. The van der Waals surface area contributed by atoms with Gasteiger partial charge in [-0.2, -0.15) is 5.26 Å². The summed E-state index contributed by atoms with van der Waals surface area (Å²) in [6, 6.07) is 19.5. The quantitative estimate of drug-likeness (QED) is 0.400. The van der Waals surface area contributed by atoms with Crippen LogP contribution in [0.2, 0.25) is 0 Å². The highest BCUT2D eigenvalue weighted by Gasteiger charge is 2.25. The van der Waals surface area contributed by atoms with Crippen LogP contribution in [-0.4, -0.2) is 63.0 Å². The molecule has 9 nitrogen and oxygen atoms in total. The Hall–Kier alpha value is -3.30. The number of hydrogen-bond donors (Lipinski definition) is 2. The highest BCUT2D eigenvalue weighted by molar-refractivity contribution is 7.97. The van der Waals surface area contributed by atoms with Crippen LogP contribution in [0.3, 0.4) is 0 Å². The Balaban J connectivity index is 1.20. The van der Waals surface area contributed by atoms with Gasteiger partial charge in [0.2, 0.25) is 10.0 Å². The summed E-state index contributed by atoms with van der Waals surface area (Å²) in [5.41, 5.74) is 4.66. The molecule has 0 saturated carbocycles. The molecule has 0 amide bonds. The van der Waals surface area contributed by atoms with Gasteiger partial charge in [-0.25, -0.2) is 22.8 Å². The molecule has 0 unspecified atom stereocenters. The maximum Gasteiger partial charge on any atom is 0.240 e. The first-order valence-corrected chi connectivity index (χ1v) is 15.8. The zero-order chi connectivity index (χ0) is 28.3. The minimum Gasteiger partial charge on any atom is -0.370 e. The van der Waals surface area contributed by atoms with Crippen LogP contribution in [0, 0.1) is 25.2 Å². The van der Waals surface area contributed by atoms with E-state index in [4.69, 9.17) is 10.1 Å². The lowest BCUT2D eigenvalue weighted by molar-refractivity contribution is 0.427. The number of hydrogen-bond acceptors (Lipinski definition) is 9. The number of sulfonamides is 1. The zero-order valence-electron chi connectivity index (χ0n) is 22.9. The van der Waals surface area contributed by atoms with E-state index < -0.39 is 10.0 Å². The molecule has 0 aliphatic carbocycles. The van der Waals surface area contributed by atoms with E-state index in [0.29, 0.717) is 24.8 Å². The summed E-state index contributed by atoms with van der Waals surface area (Å²) in [5.74, 6) is 0.921. The van der Waals surface area contributed by atoms with Gasteiger partial charge in [0.1, 0.15) is 21.8 Å². The van der Waals surface area contributed by atoms with Crippen LogP contribution < -0.4 is 20.3 Å². The molecule has 3 N–H and O–H groups in total. The number of benzene rings is 2. The summed E-state index contributed by atoms with van der Waals surface area (Å²) in [5, 5.41) is 19.6. The van der Waals surface area contributed by atoms with Crippen molar-refractivity contribution in [3.63, 3.8) is 0 Å². The predicted molar refractivity (Wildman–Crippen MR) is 161 cm³/mol. The van der Waals surface area contributed by atoms with Gasteiger partial charge in [0.05, 0.1) is 16.9 Å². The molecule has 0 spiro atoms. The van der Waals surface area contributed by atoms with E-state index in [2.05, 4.69) is 45.4 Å². The number of primary sulfonamides is 1. The standard InChI is InChI=1S/C29H35N7O2S2/c1-21-19-22(2)29(39-36-17-15-35(16-18-36)26-9-5-6-10-27(26)40(31,37)38)33-28(21)32-24-11-13-34(14-12-24)25-8-4-3-7-23(25)20-30/h3-10,19,24H,11-18H2,1-2H3,(H,32,33)(H2,31,37,38). The number of rotatable bonds is 7. The smallest absolute Gasteiger partial charge is 0.240 e. The van der Waals surface area contributed by atoms with E-state index >= 15 is 0 Å². The Bertz CT molecular complexity index is 1510. The molecule has 3 heterocycles. The number of aryl methyl sites for hydroxylation is 2. The number of piperidine rings is 1. The number of pyridine rings is 1. The van der Waals surface area contributed by atoms with Gasteiger partial charge in [-0.1, -0.05) is 24.3 Å². The molecule has 0 atom stereocenters. The van der Waals surface area contributed by atoms with Crippen LogP contribution in [0.4, 0.5) is 17.2 Å². The van der Waals surface area contributed by atoms with Crippen molar-refractivity contribution in [2.45, 2.75) is 42.7 Å². The van der Waals surface area contributed by atoms with Gasteiger partial charge in [-0.15, -0.1) is 0 Å². The number of nitrogens with one attached hydrogen (secondary N) is 1.